The largest absolute Gasteiger partial charge is 0.348 e. The van der Waals surface area contributed by atoms with Gasteiger partial charge in [0.05, 0.1) is 11.7 Å². The van der Waals surface area contributed by atoms with Gasteiger partial charge in [0.15, 0.2) is 5.13 Å². The minimum atomic E-state index is 0.499. The van der Waals surface area contributed by atoms with Crippen molar-refractivity contribution >= 4 is 16.5 Å². The highest BCUT2D eigenvalue weighted by molar-refractivity contribution is 7.15. The number of rotatable bonds is 4. The Balaban J connectivity index is 1.81. The summed E-state index contributed by atoms with van der Waals surface area (Å²) < 4.78 is 0. The maximum absolute atomic E-state index is 4.94. The van der Waals surface area contributed by atoms with E-state index >= 15 is 0 Å². The molecule has 0 spiro atoms. The van der Waals surface area contributed by atoms with Crippen LogP contribution in [0.2, 0.25) is 0 Å². The lowest BCUT2D eigenvalue weighted by Gasteiger charge is -2.34. The molecular formula is C14H23N3S. The van der Waals surface area contributed by atoms with E-state index < -0.39 is 0 Å². The third-order valence-electron chi connectivity index (χ3n) is 4.32. The highest BCUT2D eigenvalue weighted by atomic mass is 32.1. The summed E-state index contributed by atoms with van der Waals surface area (Å²) in [7, 11) is 2.22. The molecule has 1 aromatic heterocycles. The Bertz CT molecular complexity index is 411. The Morgan fingerprint density at radius 1 is 1.33 bits per heavy atom. The van der Waals surface area contributed by atoms with Gasteiger partial charge in [-0.15, -0.1) is 11.3 Å². The molecule has 1 fully saturated rings. The number of thiazole rings is 1. The molecule has 2 aliphatic rings. The second-order valence-electron chi connectivity index (χ2n) is 5.50. The number of fused-ring (bicyclic) bond motifs is 1. The molecule has 1 heterocycles. The maximum atomic E-state index is 4.94. The third-order valence-corrected chi connectivity index (χ3v) is 5.54. The molecule has 0 bridgehead atoms. The van der Waals surface area contributed by atoms with Crippen molar-refractivity contribution in [1.29, 1.82) is 0 Å². The van der Waals surface area contributed by atoms with Crippen LogP contribution in [0.25, 0.3) is 0 Å². The van der Waals surface area contributed by atoms with Gasteiger partial charge >= 0.3 is 0 Å². The summed E-state index contributed by atoms with van der Waals surface area (Å²) in [4.78, 5) is 8.87. The Hall–Kier alpha value is -0.610. The zero-order valence-electron chi connectivity index (χ0n) is 11.4. The summed E-state index contributed by atoms with van der Waals surface area (Å²) >= 11 is 1.93. The van der Waals surface area contributed by atoms with E-state index in [1.54, 1.807) is 0 Å². The van der Waals surface area contributed by atoms with Crippen LogP contribution in [-0.2, 0) is 6.42 Å². The molecule has 0 aromatic carbocycles. The van der Waals surface area contributed by atoms with Crippen LogP contribution in [0.1, 0.15) is 55.6 Å². The number of nitrogens with one attached hydrogen (secondary N) is 1. The molecule has 100 valence electrons. The fourth-order valence-electron chi connectivity index (χ4n) is 2.93. The minimum Gasteiger partial charge on any atom is -0.348 e. The molecule has 0 saturated heterocycles. The van der Waals surface area contributed by atoms with Crippen molar-refractivity contribution in [3.05, 3.63) is 10.6 Å². The first-order valence-corrected chi connectivity index (χ1v) is 8.07. The molecular weight excluding hydrogens is 242 g/mol. The molecule has 1 N–H and O–H groups in total. The van der Waals surface area contributed by atoms with Crippen molar-refractivity contribution in [1.82, 2.24) is 10.3 Å². The quantitative estimate of drug-likeness (QED) is 0.906. The van der Waals surface area contributed by atoms with Crippen LogP contribution in [0.3, 0.4) is 0 Å². The van der Waals surface area contributed by atoms with Gasteiger partial charge < -0.3 is 10.2 Å². The highest BCUT2D eigenvalue weighted by Crippen LogP contribution is 2.38. The maximum Gasteiger partial charge on any atom is 0.185 e. The molecule has 2 aliphatic carbocycles. The van der Waals surface area contributed by atoms with Crippen molar-refractivity contribution in [2.75, 3.05) is 18.5 Å². The van der Waals surface area contributed by atoms with Crippen LogP contribution in [0, 0.1) is 0 Å². The fraction of sp³-hybridized carbons (Fsp3) is 0.786. The van der Waals surface area contributed by atoms with Gasteiger partial charge in [0.1, 0.15) is 0 Å². The Labute approximate surface area is 114 Å². The second-order valence-corrected chi connectivity index (χ2v) is 6.57. The standard InChI is InChI=1S/C14H23N3S/c1-3-15-11-8-5-9-12-13(11)16-14(18-12)17(2)10-6-4-7-10/h10-11,15H,3-9H2,1-2H3. The summed E-state index contributed by atoms with van der Waals surface area (Å²) in [6.45, 7) is 3.22. The predicted molar refractivity (Wildman–Crippen MR) is 77.5 cm³/mol. The number of hydrogen-bond acceptors (Lipinski definition) is 4. The van der Waals surface area contributed by atoms with Gasteiger partial charge in [0, 0.05) is 18.0 Å². The van der Waals surface area contributed by atoms with Crippen molar-refractivity contribution in [3.63, 3.8) is 0 Å². The van der Waals surface area contributed by atoms with Crippen LogP contribution in [0.4, 0.5) is 5.13 Å². The van der Waals surface area contributed by atoms with E-state index in [9.17, 15) is 0 Å². The summed E-state index contributed by atoms with van der Waals surface area (Å²) in [5.74, 6) is 0. The minimum absolute atomic E-state index is 0.499. The molecule has 1 aromatic rings. The zero-order valence-corrected chi connectivity index (χ0v) is 12.2. The third kappa shape index (κ3) is 2.16. The summed E-state index contributed by atoms with van der Waals surface area (Å²) in [6.07, 6.45) is 7.86. The first kappa shape index (κ1) is 12.4. The van der Waals surface area contributed by atoms with Crippen LogP contribution in [-0.4, -0.2) is 24.6 Å². The van der Waals surface area contributed by atoms with Crippen molar-refractivity contribution in [2.24, 2.45) is 0 Å². The van der Waals surface area contributed by atoms with Gasteiger partial charge in [0.2, 0.25) is 0 Å². The van der Waals surface area contributed by atoms with E-state index in [0.29, 0.717) is 6.04 Å². The molecule has 3 rings (SSSR count). The van der Waals surface area contributed by atoms with E-state index in [1.807, 2.05) is 11.3 Å². The molecule has 1 saturated carbocycles. The normalized spacial score (nSPS) is 23.6. The summed E-state index contributed by atoms with van der Waals surface area (Å²) in [5, 5.41) is 4.82. The lowest BCUT2D eigenvalue weighted by Crippen LogP contribution is -2.37. The van der Waals surface area contributed by atoms with Crippen molar-refractivity contribution < 1.29 is 0 Å². The average molecular weight is 265 g/mol. The first-order valence-electron chi connectivity index (χ1n) is 7.25. The predicted octanol–water partition coefficient (Wildman–Crippen LogP) is 3.12. The average Bonchev–Trinajstić information content (AvgIpc) is 2.72. The zero-order chi connectivity index (χ0) is 12.5. The van der Waals surface area contributed by atoms with E-state index in [-0.39, 0.29) is 0 Å². The molecule has 4 heteroatoms. The SMILES string of the molecule is CCNC1CCCc2sc(N(C)C3CCC3)nc21. The van der Waals surface area contributed by atoms with Gasteiger partial charge in [-0.3, -0.25) is 0 Å². The Morgan fingerprint density at radius 2 is 2.17 bits per heavy atom. The monoisotopic (exact) mass is 265 g/mol. The van der Waals surface area contributed by atoms with Gasteiger partial charge in [-0.2, -0.15) is 0 Å². The second kappa shape index (κ2) is 5.17. The van der Waals surface area contributed by atoms with Crippen LogP contribution >= 0.6 is 11.3 Å². The van der Waals surface area contributed by atoms with Crippen LogP contribution in [0.15, 0.2) is 0 Å². The van der Waals surface area contributed by atoms with Gasteiger partial charge in [-0.25, -0.2) is 4.98 Å². The molecule has 1 unspecified atom stereocenters. The van der Waals surface area contributed by atoms with E-state index in [1.165, 1.54) is 54.2 Å². The Morgan fingerprint density at radius 3 is 2.83 bits per heavy atom. The number of aromatic nitrogens is 1. The smallest absolute Gasteiger partial charge is 0.185 e. The molecule has 0 aliphatic heterocycles. The summed E-state index contributed by atoms with van der Waals surface area (Å²) in [5.41, 5.74) is 1.34. The number of hydrogen-bond donors (Lipinski definition) is 1. The molecule has 0 amide bonds. The molecule has 1 atom stereocenters. The molecule has 18 heavy (non-hydrogen) atoms. The fourth-order valence-corrected chi connectivity index (χ4v) is 4.13. The lowest BCUT2D eigenvalue weighted by molar-refractivity contribution is 0.400. The van der Waals surface area contributed by atoms with Crippen molar-refractivity contribution in [2.45, 2.75) is 57.5 Å². The summed E-state index contributed by atoms with van der Waals surface area (Å²) in [6, 6.07) is 1.24. The number of aryl methyl sites for hydroxylation is 1. The van der Waals surface area contributed by atoms with Gasteiger partial charge in [0.25, 0.3) is 0 Å². The number of anilines is 1. The van der Waals surface area contributed by atoms with Gasteiger partial charge in [-0.05, 0) is 45.1 Å². The van der Waals surface area contributed by atoms with Gasteiger partial charge in [-0.1, -0.05) is 6.92 Å². The molecule has 3 nitrogen and oxygen atoms in total. The van der Waals surface area contributed by atoms with E-state index in [4.69, 9.17) is 4.98 Å². The van der Waals surface area contributed by atoms with Crippen LogP contribution < -0.4 is 10.2 Å². The Kier molecular flexibility index (Phi) is 3.57. The van der Waals surface area contributed by atoms with E-state index in [2.05, 4.69) is 24.2 Å². The number of nitrogens with zero attached hydrogens (tertiary/aromatic N) is 2. The topological polar surface area (TPSA) is 28.2 Å². The first-order chi connectivity index (χ1) is 8.79. The van der Waals surface area contributed by atoms with Crippen molar-refractivity contribution in [3.8, 4) is 0 Å². The lowest BCUT2D eigenvalue weighted by atomic mass is 9.92. The van der Waals surface area contributed by atoms with E-state index in [0.717, 1.165) is 12.6 Å². The molecule has 0 radical (unpaired) electrons. The van der Waals surface area contributed by atoms with Crippen LogP contribution in [0.5, 0.6) is 0 Å². The highest BCUT2D eigenvalue weighted by Gasteiger charge is 2.28.